The minimum absolute atomic E-state index is 0.0362. The maximum atomic E-state index is 8.96. The summed E-state index contributed by atoms with van der Waals surface area (Å²) in [4.78, 5) is 2.53. The smallest absolute Gasteiger partial charge is 0.129 e. The second-order valence-corrected chi connectivity index (χ2v) is 5.86. The van der Waals surface area contributed by atoms with Gasteiger partial charge in [-0.3, -0.25) is 4.90 Å². The zero-order valence-electron chi connectivity index (χ0n) is 11.7. The van der Waals surface area contributed by atoms with Crippen molar-refractivity contribution < 1.29 is 9.52 Å². The van der Waals surface area contributed by atoms with Gasteiger partial charge in [-0.2, -0.15) is 0 Å². The number of aliphatic hydroxyl groups excluding tert-OH is 1. The molecule has 1 aromatic heterocycles. The SMILES string of the molecule is C#CC1CN2CCC1CC2CNCc1ccc(CO)o1. The van der Waals surface area contributed by atoms with Crippen LogP contribution in [0.1, 0.15) is 24.4 Å². The lowest BCUT2D eigenvalue weighted by Gasteiger charge is -2.48. The summed E-state index contributed by atoms with van der Waals surface area (Å²) in [5.74, 6) is 5.62. The Morgan fingerprint density at radius 1 is 1.45 bits per heavy atom. The van der Waals surface area contributed by atoms with Crippen LogP contribution in [0.3, 0.4) is 0 Å². The molecular formula is C16H22N2O2. The number of fused-ring (bicyclic) bond motifs is 3. The molecule has 4 unspecified atom stereocenters. The molecule has 0 radical (unpaired) electrons. The Kier molecular flexibility index (Phi) is 4.11. The molecule has 4 heteroatoms. The van der Waals surface area contributed by atoms with Gasteiger partial charge in [0.15, 0.2) is 0 Å². The van der Waals surface area contributed by atoms with E-state index in [-0.39, 0.29) is 6.61 Å². The van der Waals surface area contributed by atoms with Crippen LogP contribution in [-0.4, -0.2) is 35.7 Å². The predicted octanol–water partition coefficient (Wildman–Crippen LogP) is 1.21. The first-order chi connectivity index (χ1) is 9.80. The van der Waals surface area contributed by atoms with Crippen LogP contribution < -0.4 is 5.32 Å². The minimum Gasteiger partial charge on any atom is -0.462 e. The Bertz CT molecular complexity index is 491. The fourth-order valence-electron chi connectivity index (χ4n) is 3.50. The van der Waals surface area contributed by atoms with Crippen LogP contribution in [0.5, 0.6) is 0 Å². The molecule has 3 aliphatic heterocycles. The monoisotopic (exact) mass is 274 g/mol. The zero-order chi connectivity index (χ0) is 13.9. The molecule has 4 atom stereocenters. The number of hydrogen-bond donors (Lipinski definition) is 2. The Hall–Kier alpha value is -1.28. The van der Waals surface area contributed by atoms with Crippen LogP contribution in [0.15, 0.2) is 16.5 Å². The van der Waals surface area contributed by atoms with Crippen molar-refractivity contribution in [2.45, 2.75) is 32.0 Å². The third-order valence-electron chi connectivity index (χ3n) is 4.64. The topological polar surface area (TPSA) is 48.6 Å². The maximum absolute atomic E-state index is 8.96. The summed E-state index contributed by atoms with van der Waals surface area (Å²) < 4.78 is 5.47. The van der Waals surface area contributed by atoms with Crippen LogP contribution in [-0.2, 0) is 13.2 Å². The van der Waals surface area contributed by atoms with Gasteiger partial charge in [-0.1, -0.05) is 0 Å². The van der Waals surface area contributed by atoms with Crippen LogP contribution in [0.2, 0.25) is 0 Å². The Morgan fingerprint density at radius 3 is 2.95 bits per heavy atom. The zero-order valence-corrected chi connectivity index (χ0v) is 11.7. The minimum atomic E-state index is -0.0362. The Labute approximate surface area is 120 Å². The molecule has 0 saturated carbocycles. The van der Waals surface area contributed by atoms with Gasteiger partial charge in [0, 0.05) is 25.0 Å². The number of nitrogens with zero attached hydrogens (tertiary/aromatic N) is 1. The summed E-state index contributed by atoms with van der Waals surface area (Å²) >= 11 is 0. The molecule has 4 nitrogen and oxygen atoms in total. The molecular weight excluding hydrogens is 252 g/mol. The van der Waals surface area contributed by atoms with Gasteiger partial charge < -0.3 is 14.8 Å². The van der Waals surface area contributed by atoms with Gasteiger partial charge in [-0.05, 0) is 37.4 Å². The highest BCUT2D eigenvalue weighted by molar-refractivity contribution is 5.07. The highest BCUT2D eigenvalue weighted by Gasteiger charge is 2.38. The number of piperidine rings is 3. The molecule has 0 aromatic carbocycles. The van der Waals surface area contributed by atoms with Crippen molar-refractivity contribution in [1.29, 1.82) is 0 Å². The van der Waals surface area contributed by atoms with E-state index in [2.05, 4.69) is 16.1 Å². The molecule has 0 spiro atoms. The van der Waals surface area contributed by atoms with E-state index in [0.29, 0.717) is 30.2 Å². The third kappa shape index (κ3) is 2.76. The molecule has 2 N–H and O–H groups in total. The second kappa shape index (κ2) is 6.01. The second-order valence-electron chi connectivity index (χ2n) is 5.86. The van der Waals surface area contributed by atoms with Gasteiger partial charge >= 0.3 is 0 Å². The standard InChI is InChI=1S/C16H22N2O2/c1-2-12-10-18-6-5-13(12)7-14(18)8-17-9-15-3-4-16(11-19)20-15/h1,3-4,12-14,17,19H,5-11H2. The van der Waals surface area contributed by atoms with Crippen molar-refractivity contribution in [3.05, 3.63) is 23.7 Å². The van der Waals surface area contributed by atoms with Crippen LogP contribution in [0.4, 0.5) is 0 Å². The van der Waals surface area contributed by atoms with Crippen molar-refractivity contribution in [2.75, 3.05) is 19.6 Å². The molecule has 4 heterocycles. The lowest BCUT2D eigenvalue weighted by Crippen LogP contribution is -2.55. The van der Waals surface area contributed by atoms with Crippen molar-refractivity contribution in [2.24, 2.45) is 11.8 Å². The van der Waals surface area contributed by atoms with Gasteiger partial charge in [0.05, 0.1) is 6.54 Å². The van der Waals surface area contributed by atoms with Crippen LogP contribution in [0, 0.1) is 24.2 Å². The molecule has 0 aliphatic carbocycles. The number of terminal acetylenes is 1. The van der Waals surface area contributed by atoms with E-state index < -0.39 is 0 Å². The van der Waals surface area contributed by atoms with E-state index in [4.69, 9.17) is 15.9 Å². The summed E-state index contributed by atoms with van der Waals surface area (Å²) in [6.45, 7) is 3.90. The van der Waals surface area contributed by atoms with Gasteiger partial charge in [0.1, 0.15) is 18.1 Å². The normalized spacial score (nSPS) is 32.2. The quantitative estimate of drug-likeness (QED) is 0.792. The van der Waals surface area contributed by atoms with Gasteiger partial charge in [0.2, 0.25) is 0 Å². The summed E-state index contributed by atoms with van der Waals surface area (Å²) in [5.41, 5.74) is 0. The molecule has 1 aromatic rings. The first-order valence-electron chi connectivity index (χ1n) is 7.39. The number of furan rings is 1. The average Bonchev–Trinajstić information content (AvgIpc) is 2.96. The van der Waals surface area contributed by atoms with Gasteiger partial charge in [0.25, 0.3) is 0 Å². The lowest BCUT2D eigenvalue weighted by molar-refractivity contribution is 0.0226. The first kappa shape index (κ1) is 13.7. The van der Waals surface area contributed by atoms with E-state index in [0.717, 1.165) is 18.8 Å². The fourth-order valence-corrected chi connectivity index (χ4v) is 3.50. The van der Waals surface area contributed by atoms with Crippen LogP contribution in [0.25, 0.3) is 0 Å². The van der Waals surface area contributed by atoms with Crippen molar-refractivity contribution in [1.82, 2.24) is 10.2 Å². The highest BCUT2D eigenvalue weighted by Crippen LogP contribution is 2.35. The summed E-state index contributed by atoms with van der Waals surface area (Å²) in [7, 11) is 0. The van der Waals surface area contributed by atoms with Gasteiger partial charge in [-0.15, -0.1) is 12.3 Å². The van der Waals surface area contributed by atoms with Crippen molar-refractivity contribution >= 4 is 0 Å². The average molecular weight is 274 g/mol. The van der Waals surface area contributed by atoms with E-state index in [9.17, 15) is 0 Å². The third-order valence-corrected chi connectivity index (χ3v) is 4.64. The lowest BCUT2D eigenvalue weighted by atomic mass is 9.76. The molecule has 20 heavy (non-hydrogen) atoms. The largest absolute Gasteiger partial charge is 0.462 e. The first-order valence-corrected chi connectivity index (χ1v) is 7.39. The molecule has 0 amide bonds. The molecule has 108 valence electrons. The molecule has 2 bridgehead atoms. The predicted molar refractivity (Wildman–Crippen MR) is 76.7 cm³/mol. The van der Waals surface area contributed by atoms with E-state index in [1.807, 2.05) is 12.1 Å². The van der Waals surface area contributed by atoms with E-state index >= 15 is 0 Å². The van der Waals surface area contributed by atoms with E-state index in [1.165, 1.54) is 19.4 Å². The maximum Gasteiger partial charge on any atom is 0.129 e. The highest BCUT2D eigenvalue weighted by atomic mass is 16.4. The summed E-state index contributed by atoms with van der Waals surface area (Å²) in [6, 6.07) is 4.34. The van der Waals surface area contributed by atoms with Crippen molar-refractivity contribution in [3.63, 3.8) is 0 Å². The molecule has 3 aliphatic rings. The van der Waals surface area contributed by atoms with E-state index in [1.54, 1.807) is 0 Å². The molecule has 3 saturated heterocycles. The number of hydrogen-bond acceptors (Lipinski definition) is 4. The molecule has 3 fully saturated rings. The Morgan fingerprint density at radius 2 is 2.30 bits per heavy atom. The summed E-state index contributed by atoms with van der Waals surface area (Å²) in [6.07, 6.45) is 8.07. The number of nitrogens with one attached hydrogen (secondary N) is 1. The van der Waals surface area contributed by atoms with Crippen LogP contribution >= 0.6 is 0 Å². The van der Waals surface area contributed by atoms with Gasteiger partial charge in [-0.25, -0.2) is 0 Å². The number of rotatable bonds is 5. The Balaban J connectivity index is 1.47. The molecule has 4 rings (SSSR count). The van der Waals surface area contributed by atoms with Crippen molar-refractivity contribution in [3.8, 4) is 12.3 Å². The summed E-state index contributed by atoms with van der Waals surface area (Å²) in [5, 5.41) is 12.4. The fraction of sp³-hybridized carbons (Fsp3) is 0.625. The number of aliphatic hydroxyl groups is 1.